The average molecular weight is 278 g/mol. The van der Waals surface area contributed by atoms with E-state index < -0.39 is 10.0 Å². The van der Waals surface area contributed by atoms with Crippen molar-refractivity contribution in [3.05, 3.63) is 48.0 Å². The number of nitrogens with two attached hydrogens (primary N) is 1. The van der Waals surface area contributed by atoms with E-state index in [1.54, 1.807) is 0 Å². The lowest BCUT2D eigenvalue weighted by atomic mass is 10.1. The molecule has 0 atom stereocenters. The first-order chi connectivity index (χ1) is 9.12. The predicted molar refractivity (Wildman–Crippen MR) is 78.2 cm³/mol. The molecule has 0 bridgehead atoms. The third-order valence-electron chi connectivity index (χ3n) is 2.98. The first kappa shape index (κ1) is 14.0. The molecule has 0 fully saturated rings. The molecule has 0 aromatic heterocycles. The summed E-state index contributed by atoms with van der Waals surface area (Å²) < 4.78 is 26.1. The third-order valence-corrected chi connectivity index (χ3v) is 4.39. The molecule has 4 nitrogen and oxygen atoms in total. The molecule has 2 aromatic carbocycles. The molecule has 0 aliphatic rings. The van der Waals surface area contributed by atoms with Crippen molar-refractivity contribution in [2.45, 2.75) is 13.0 Å². The van der Waals surface area contributed by atoms with E-state index in [2.05, 4.69) is 4.72 Å². The van der Waals surface area contributed by atoms with Crippen LogP contribution >= 0.6 is 0 Å². The van der Waals surface area contributed by atoms with Crippen LogP contribution in [-0.2, 0) is 16.6 Å². The second-order valence-corrected chi connectivity index (χ2v) is 6.35. The molecule has 0 radical (unpaired) electrons. The average Bonchev–Trinajstić information content (AvgIpc) is 2.43. The van der Waals surface area contributed by atoms with Crippen molar-refractivity contribution < 1.29 is 8.42 Å². The summed E-state index contributed by atoms with van der Waals surface area (Å²) in [5.41, 5.74) is 6.31. The molecule has 3 N–H and O–H groups in total. The zero-order valence-corrected chi connectivity index (χ0v) is 11.5. The number of fused-ring (bicyclic) bond motifs is 1. The summed E-state index contributed by atoms with van der Waals surface area (Å²) in [7, 11) is -3.24. The van der Waals surface area contributed by atoms with Gasteiger partial charge in [0.1, 0.15) is 0 Å². The van der Waals surface area contributed by atoms with E-state index in [1.807, 2.05) is 42.5 Å². The van der Waals surface area contributed by atoms with Crippen LogP contribution in [-0.4, -0.2) is 20.7 Å². The van der Waals surface area contributed by atoms with E-state index >= 15 is 0 Å². The fourth-order valence-electron chi connectivity index (χ4n) is 1.98. The minimum atomic E-state index is -3.24. The highest BCUT2D eigenvalue weighted by Gasteiger charge is 2.09. The Balaban J connectivity index is 2.14. The van der Waals surface area contributed by atoms with Gasteiger partial charge in [-0.3, -0.25) is 0 Å². The number of hydrogen-bond donors (Lipinski definition) is 2. The van der Waals surface area contributed by atoms with E-state index in [0.29, 0.717) is 19.5 Å². The highest BCUT2D eigenvalue weighted by molar-refractivity contribution is 7.89. The molecule has 0 aliphatic heterocycles. The van der Waals surface area contributed by atoms with Gasteiger partial charge in [0.15, 0.2) is 0 Å². The SMILES string of the molecule is NCCCS(=O)(=O)NCc1cccc2ccccc12. The molecule has 2 rings (SSSR count). The summed E-state index contributed by atoms with van der Waals surface area (Å²) >= 11 is 0. The number of nitrogens with one attached hydrogen (secondary N) is 1. The van der Waals surface area contributed by atoms with Crippen LogP contribution in [0.15, 0.2) is 42.5 Å². The number of benzene rings is 2. The quantitative estimate of drug-likeness (QED) is 0.843. The van der Waals surface area contributed by atoms with Crippen LogP contribution in [0.4, 0.5) is 0 Å². The number of rotatable bonds is 6. The third kappa shape index (κ3) is 3.76. The maximum Gasteiger partial charge on any atom is 0.211 e. The Kier molecular flexibility index (Phi) is 4.52. The van der Waals surface area contributed by atoms with Crippen LogP contribution in [0.1, 0.15) is 12.0 Å². The Hall–Kier alpha value is -1.43. The molecular formula is C14H18N2O2S. The maximum atomic E-state index is 11.7. The fraction of sp³-hybridized carbons (Fsp3) is 0.286. The minimum Gasteiger partial charge on any atom is -0.330 e. The molecule has 2 aromatic rings. The summed E-state index contributed by atoms with van der Waals surface area (Å²) in [5.74, 6) is 0.0776. The zero-order chi connectivity index (χ0) is 13.7. The normalized spacial score (nSPS) is 11.8. The van der Waals surface area contributed by atoms with E-state index in [4.69, 9.17) is 5.73 Å². The van der Waals surface area contributed by atoms with Gasteiger partial charge in [-0.05, 0) is 29.3 Å². The second-order valence-electron chi connectivity index (χ2n) is 4.42. The summed E-state index contributed by atoms with van der Waals surface area (Å²) in [6.45, 7) is 0.698. The van der Waals surface area contributed by atoms with Crippen LogP contribution < -0.4 is 10.5 Å². The van der Waals surface area contributed by atoms with Crippen LogP contribution in [0.25, 0.3) is 10.8 Å². The van der Waals surface area contributed by atoms with Gasteiger partial charge in [-0.2, -0.15) is 0 Å². The van der Waals surface area contributed by atoms with E-state index in [9.17, 15) is 8.42 Å². The Morgan fingerprint density at radius 3 is 2.58 bits per heavy atom. The molecule has 102 valence electrons. The topological polar surface area (TPSA) is 72.2 Å². The lowest BCUT2D eigenvalue weighted by molar-refractivity contribution is 0.579. The van der Waals surface area contributed by atoms with E-state index in [-0.39, 0.29) is 5.75 Å². The Labute approximate surface area is 113 Å². The molecule has 0 saturated carbocycles. The molecule has 0 unspecified atom stereocenters. The van der Waals surface area contributed by atoms with E-state index in [0.717, 1.165) is 16.3 Å². The van der Waals surface area contributed by atoms with Gasteiger partial charge >= 0.3 is 0 Å². The van der Waals surface area contributed by atoms with Gasteiger partial charge in [-0.25, -0.2) is 13.1 Å². The highest BCUT2D eigenvalue weighted by Crippen LogP contribution is 2.18. The molecule has 0 heterocycles. The molecule has 19 heavy (non-hydrogen) atoms. The zero-order valence-electron chi connectivity index (χ0n) is 10.7. The van der Waals surface area contributed by atoms with Gasteiger partial charge in [0.25, 0.3) is 0 Å². The highest BCUT2D eigenvalue weighted by atomic mass is 32.2. The Morgan fingerprint density at radius 2 is 1.79 bits per heavy atom. The first-order valence-corrected chi connectivity index (χ1v) is 7.92. The minimum absolute atomic E-state index is 0.0776. The monoisotopic (exact) mass is 278 g/mol. The molecule has 0 saturated heterocycles. The van der Waals surface area contributed by atoms with Crippen molar-refractivity contribution in [1.82, 2.24) is 4.72 Å². The molecule has 0 spiro atoms. The lowest BCUT2D eigenvalue weighted by Gasteiger charge is -2.09. The first-order valence-electron chi connectivity index (χ1n) is 6.26. The second kappa shape index (κ2) is 6.14. The van der Waals surface area contributed by atoms with Gasteiger partial charge in [0.2, 0.25) is 10.0 Å². The van der Waals surface area contributed by atoms with Gasteiger partial charge < -0.3 is 5.73 Å². The van der Waals surface area contributed by atoms with E-state index in [1.165, 1.54) is 0 Å². The van der Waals surface area contributed by atoms with Crippen LogP contribution in [0.3, 0.4) is 0 Å². The largest absolute Gasteiger partial charge is 0.330 e. The van der Waals surface area contributed by atoms with Crippen molar-refractivity contribution in [3.8, 4) is 0 Å². The van der Waals surface area contributed by atoms with Crippen molar-refractivity contribution in [1.29, 1.82) is 0 Å². The molecule has 0 amide bonds. The lowest BCUT2D eigenvalue weighted by Crippen LogP contribution is -2.27. The molecule has 5 heteroatoms. The van der Waals surface area contributed by atoms with Crippen molar-refractivity contribution in [2.75, 3.05) is 12.3 Å². The Bertz CT molecular complexity index is 648. The van der Waals surface area contributed by atoms with Gasteiger partial charge in [0.05, 0.1) is 5.75 Å². The number of sulfonamides is 1. The summed E-state index contributed by atoms with van der Waals surface area (Å²) in [6, 6.07) is 13.8. The predicted octanol–water partition coefficient (Wildman–Crippen LogP) is 1.61. The van der Waals surface area contributed by atoms with Crippen molar-refractivity contribution >= 4 is 20.8 Å². The maximum absolute atomic E-state index is 11.7. The number of hydrogen-bond acceptors (Lipinski definition) is 3. The van der Waals surface area contributed by atoms with Gasteiger partial charge in [-0.15, -0.1) is 0 Å². The van der Waals surface area contributed by atoms with Gasteiger partial charge in [0, 0.05) is 6.54 Å². The summed E-state index contributed by atoms with van der Waals surface area (Å²) in [5, 5.41) is 2.19. The summed E-state index contributed by atoms with van der Waals surface area (Å²) in [4.78, 5) is 0. The fourth-order valence-corrected chi connectivity index (χ4v) is 3.05. The van der Waals surface area contributed by atoms with Crippen LogP contribution in [0, 0.1) is 0 Å². The van der Waals surface area contributed by atoms with Crippen LogP contribution in [0.2, 0.25) is 0 Å². The van der Waals surface area contributed by atoms with Gasteiger partial charge in [-0.1, -0.05) is 42.5 Å². The molecule has 0 aliphatic carbocycles. The summed E-state index contributed by atoms with van der Waals surface area (Å²) in [6.07, 6.45) is 0.477. The van der Waals surface area contributed by atoms with Crippen molar-refractivity contribution in [3.63, 3.8) is 0 Å². The molecular weight excluding hydrogens is 260 g/mol. The Morgan fingerprint density at radius 1 is 1.05 bits per heavy atom. The standard InChI is InChI=1S/C14H18N2O2S/c15-9-4-10-19(17,18)16-11-13-7-3-6-12-5-1-2-8-14(12)13/h1-3,5-8,16H,4,9-11,15H2. The smallest absolute Gasteiger partial charge is 0.211 e. The van der Waals surface area contributed by atoms with Crippen LogP contribution in [0.5, 0.6) is 0 Å². The van der Waals surface area contributed by atoms with Crippen molar-refractivity contribution in [2.24, 2.45) is 5.73 Å².